The molecule has 1 aromatic heterocycles. The third kappa shape index (κ3) is 2.19. The number of thiophene rings is 1. The summed E-state index contributed by atoms with van der Waals surface area (Å²) < 4.78 is 1.08. The molecule has 0 saturated heterocycles. The number of carbonyl (C=O) groups is 1. The van der Waals surface area contributed by atoms with Gasteiger partial charge < -0.3 is 0 Å². The molecule has 3 heteroatoms. The minimum Gasteiger partial charge on any atom is -0.295 e. The van der Waals surface area contributed by atoms with E-state index < -0.39 is 0 Å². The van der Waals surface area contributed by atoms with Gasteiger partial charge in [0.25, 0.3) is 0 Å². The summed E-state index contributed by atoms with van der Waals surface area (Å²) in [6.07, 6.45) is 0. The fraction of sp³-hybridized carbons (Fsp3) is 0.0833. The van der Waals surface area contributed by atoms with Crippen molar-refractivity contribution in [2.75, 3.05) is 0 Å². The second kappa shape index (κ2) is 4.29. The molecule has 1 heterocycles. The Labute approximate surface area is 101 Å². The van der Waals surface area contributed by atoms with Crippen LogP contribution in [0.2, 0.25) is 0 Å². The van der Waals surface area contributed by atoms with Gasteiger partial charge in [-0.15, -0.1) is 11.3 Å². The van der Waals surface area contributed by atoms with E-state index in [9.17, 15) is 4.79 Å². The second-order valence-electron chi connectivity index (χ2n) is 3.23. The number of rotatable bonds is 2. The Morgan fingerprint density at radius 3 is 2.73 bits per heavy atom. The normalized spacial score (nSPS) is 10.3. The highest BCUT2D eigenvalue weighted by Crippen LogP contribution is 2.33. The monoisotopic (exact) mass is 280 g/mol. The lowest BCUT2D eigenvalue weighted by atomic mass is 10.1. The lowest BCUT2D eigenvalue weighted by Crippen LogP contribution is -1.91. The molecule has 0 fully saturated rings. The molecule has 0 aliphatic heterocycles. The smallest absolute Gasteiger partial charge is 0.159 e. The van der Waals surface area contributed by atoms with E-state index in [1.54, 1.807) is 18.3 Å². The summed E-state index contributed by atoms with van der Waals surface area (Å²) >= 11 is 5.15. The van der Waals surface area contributed by atoms with Gasteiger partial charge in [-0.2, -0.15) is 0 Å². The highest BCUT2D eigenvalue weighted by molar-refractivity contribution is 9.10. The van der Waals surface area contributed by atoms with E-state index in [2.05, 4.69) is 15.9 Å². The largest absolute Gasteiger partial charge is 0.295 e. The van der Waals surface area contributed by atoms with Crippen LogP contribution in [0.4, 0.5) is 0 Å². The van der Waals surface area contributed by atoms with Crippen LogP contribution < -0.4 is 0 Å². The molecule has 0 radical (unpaired) electrons. The molecule has 0 spiro atoms. The van der Waals surface area contributed by atoms with Gasteiger partial charge in [0.05, 0.1) is 0 Å². The standard InChI is InChI=1S/C12H9BrOS/c1-8(14)9-3-2-4-10(7-9)12-11(13)5-6-15-12/h2-7H,1H3. The van der Waals surface area contributed by atoms with E-state index in [4.69, 9.17) is 0 Å². The number of Topliss-reactive ketones (excluding diaryl/α,β-unsaturated/α-hetero) is 1. The number of ketones is 1. The van der Waals surface area contributed by atoms with Crippen LogP contribution in [0, 0.1) is 0 Å². The Balaban J connectivity index is 2.50. The molecule has 0 aliphatic rings. The minimum atomic E-state index is 0.101. The summed E-state index contributed by atoms with van der Waals surface area (Å²) in [5.74, 6) is 0.101. The van der Waals surface area contributed by atoms with Gasteiger partial charge in [0.15, 0.2) is 5.78 Å². The van der Waals surface area contributed by atoms with Gasteiger partial charge in [-0.1, -0.05) is 18.2 Å². The van der Waals surface area contributed by atoms with Crippen molar-refractivity contribution in [3.63, 3.8) is 0 Å². The van der Waals surface area contributed by atoms with Crippen molar-refractivity contribution in [3.8, 4) is 10.4 Å². The van der Waals surface area contributed by atoms with Crippen molar-refractivity contribution in [2.45, 2.75) is 6.92 Å². The van der Waals surface area contributed by atoms with Crippen molar-refractivity contribution >= 4 is 33.0 Å². The zero-order valence-corrected chi connectivity index (χ0v) is 10.6. The molecule has 0 bridgehead atoms. The van der Waals surface area contributed by atoms with Gasteiger partial charge in [-0.25, -0.2) is 0 Å². The summed E-state index contributed by atoms with van der Waals surface area (Å²) in [4.78, 5) is 12.4. The Morgan fingerprint density at radius 1 is 1.33 bits per heavy atom. The minimum absolute atomic E-state index is 0.101. The molecule has 1 aromatic carbocycles. The molecule has 2 aromatic rings. The number of benzene rings is 1. The average Bonchev–Trinajstić information content (AvgIpc) is 2.64. The van der Waals surface area contributed by atoms with E-state index in [-0.39, 0.29) is 5.78 Å². The second-order valence-corrected chi connectivity index (χ2v) is 5.01. The van der Waals surface area contributed by atoms with Crippen LogP contribution >= 0.6 is 27.3 Å². The van der Waals surface area contributed by atoms with Crippen molar-refractivity contribution in [3.05, 3.63) is 45.7 Å². The zero-order chi connectivity index (χ0) is 10.8. The first-order chi connectivity index (χ1) is 7.18. The zero-order valence-electron chi connectivity index (χ0n) is 8.16. The molecule has 2 rings (SSSR count). The van der Waals surface area contributed by atoms with Crippen molar-refractivity contribution in [1.29, 1.82) is 0 Å². The van der Waals surface area contributed by atoms with E-state index in [0.29, 0.717) is 0 Å². The predicted molar refractivity (Wildman–Crippen MR) is 67.5 cm³/mol. The van der Waals surface area contributed by atoms with Gasteiger partial charge in [0, 0.05) is 14.9 Å². The van der Waals surface area contributed by atoms with Crippen LogP contribution in [-0.2, 0) is 0 Å². The van der Waals surface area contributed by atoms with Crippen molar-refractivity contribution in [2.24, 2.45) is 0 Å². The molecular weight excluding hydrogens is 272 g/mol. The lowest BCUT2D eigenvalue weighted by molar-refractivity contribution is 0.101. The first-order valence-corrected chi connectivity index (χ1v) is 6.20. The van der Waals surface area contributed by atoms with Crippen LogP contribution in [-0.4, -0.2) is 5.78 Å². The molecule has 0 atom stereocenters. The van der Waals surface area contributed by atoms with E-state index in [0.717, 1.165) is 20.5 Å². The highest BCUT2D eigenvalue weighted by Gasteiger charge is 2.06. The Kier molecular flexibility index (Phi) is 3.03. The maximum atomic E-state index is 11.2. The molecule has 0 saturated carbocycles. The molecule has 0 aliphatic carbocycles. The Bertz CT molecular complexity index is 502. The number of carbonyl (C=O) groups excluding carboxylic acids is 1. The van der Waals surface area contributed by atoms with Crippen LogP contribution in [0.25, 0.3) is 10.4 Å². The molecule has 76 valence electrons. The summed E-state index contributed by atoms with van der Waals surface area (Å²) in [6.45, 7) is 1.59. The number of halogens is 1. The van der Waals surface area contributed by atoms with Crippen molar-refractivity contribution < 1.29 is 4.79 Å². The topological polar surface area (TPSA) is 17.1 Å². The third-order valence-electron chi connectivity index (χ3n) is 2.15. The Hall–Kier alpha value is -0.930. The molecular formula is C12H9BrOS. The quantitative estimate of drug-likeness (QED) is 0.746. The highest BCUT2D eigenvalue weighted by atomic mass is 79.9. The fourth-order valence-electron chi connectivity index (χ4n) is 1.38. The van der Waals surface area contributed by atoms with Gasteiger partial charge in [0.1, 0.15) is 0 Å². The van der Waals surface area contributed by atoms with Crippen LogP contribution in [0.1, 0.15) is 17.3 Å². The average molecular weight is 281 g/mol. The van der Waals surface area contributed by atoms with Crippen LogP contribution in [0.3, 0.4) is 0 Å². The fourth-order valence-corrected chi connectivity index (χ4v) is 2.98. The molecule has 0 unspecified atom stereocenters. The maximum Gasteiger partial charge on any atom is 0.159 e. The number of hydrogen-bond acceptors (Lipinski definition) is 2. The SMILES string of the molecule is CC(=O)c1cccc(-c2sccc2Br)c1. The van der Waals surface area contributed by atoms with Crippen LogP contribution in [0.5, 0.6) is 0 Å². The maximum absolute atomic E-state index is 11.2. The van der Waals surface area contributed by atoms with Crippen molar-refractivity contribution in [1.82, 2.24) is 0 Å². The van der Waals surface area contributed by atoms with Gasteiger partial charge >= 0.3 is 0 Å². The first-order valence-electron chi connectivity index (χ1n) is 4.53. The summed E-state index contributed by atoms with van der Waals surface area (Å²) in [5, 5.41) is 2.03. The number of hydrogen-bond donors (Lipinski definition) is 0. The summed E-state index contributed by atoms with van der Waals surface area (Å²) in [6, 6.07) is 9.72. The van der Waals surface area contributed by atoms with Crippen LogP contribution in [0.15, 0.2) is 40.2 Å². The van der Waals surface area contributed by atoms with Gasteiger partial charge in [0.2, 0.25) is 0 Å². The van der Waals surface area contributed by atoms with Gasteiger partial charge in [-0.05, 0) is 45.9 Å². The lowest BCUT2D eigenvalue weighted by Gasteiger charge is -2.01. The molecule has 0 amide bonds. The molecule has 1 nitrogen and oxygen atoms in total. The first kappa shape index (κ1) is 10.6. The Morgan fingerprint density at radius 2 is 2.13 bits per heavy atom. The summed E-state index contributed by atoms with van der Waals surface area (Å²) in [7, 11) is 0. The van der Waals surface area contributed by atoms with E-state index in [1.165, 1.54) is 0 Å². The van der Waals surface area contributed by atoms with E-state index in [1.807, 2.05) is 35.7 Å². The molecule has 15 heavy (non-hydrogen) atoms. The van der Waals surface area contributed by atoms with E-state index >= 15 is 0 Å². The predicted octanol–water partition coefficient (Wildman–Crippen LogP) is 4.38. The third-order valence-corrected chi connectivity index (χ3v) is 4.04. The molecule has 0 N–H and O–H groups in total. The summed E-state index contributed by atoms with van der Waals surface area (Å²) in [5.41, 5.74) is 1.84. The van der Waals surface area contributed by atoms with Gasteiger partial charge in [-0.3, -0.25) is 4.79 Å².